The van der Waals surface area contributed by atoms with Crippen LogP contribution in [0.4, 0.5) is 20.2 Å². The second-order valence-corrected chi connectivity index (χ2v) is 6.94. The lowest BCUT2D eigenvalue weighted by Crippen LogP contribution is -2.05. The summed E-state index contributed by atoms with van der Waals surface area (Å²) in [6, 6.07) is 12.9. The summed E-state index contributed by atoms with van der Waals surface area (Å²) in [4.78, 5) is 12.9. The molecule has 0 atom stereocenters. The van der Waals surface area contributed by atoms with Crippen LogP contribution >= 0.6 is 27.5 Å². The maximum absolute atomic E-state index is 13.8. The number of nitrogens with one attached hydrogen (secondary N) is 1. The molecule has 0 aliphatic carbocycles. The Bertz CT molecular complexity index is 1030. The first-order chi connectivity index (χ1) is 12.9. The number of rotatable bonds is 5. The summed E-state index contributed by atoms with van der Waals surface area (Å²) in [7, 11) is 1.48. The SMILES string of the molecule is COc1ccc(Br)cc1C(=O)c1ccc(Nc2ccc(F)cc2F)cc1Cl. The van der Waals surface area contributed by atoms with Crippen LogP contribution in [0.25, 0.3) is 0 Å². The zero-order chi connectivity index (χ0) is 19.6. The highest BCUT2D eigenvalue weighted by Crippen LogP contribution is 2.30. The van der Waals surface area contributed by atoms with Gasteiger partial charge in [-0.3, -0.25) is 4.79 Å². The topological polar surface area (TPSA) is 38.3 Å². The van der Waals surface area contributed by atoms with Gasteiger partial charge in [0, 0.05) is 21.8 Å². The molecule has 0 unspecified atom stereocenters. The second kappa shape index (κ2) is 8.06. The fourth-order valence-electron chi connectivity index (χ4n) is 2.53. The summed E-state index contributed by atoms with van der Waals surface area (Å²) in [5.41, 5.74) is 1.20. The molecule has 7 heteroatoms. The number of methoxy groups -OCH3 is 1. The number of benzene rings is 3. The van der Waals surface area contributed by atoms with E-state index in [9.17, 15) is 13.6 Å². The van der Waals surface area contributed by atoms with E-state index < -0.39 is 11.6 Å². The van der Waals surface area contributed by atoms with Gasteiger partial charge >= 0.3 is 0 Å². The van der Waals surface area contributed by atoms with Crippen molar-refractivity contribution >= 4 is 44.7 Å². The molecule has 0 fully saturated rings. The zero-order valence-corrected chi connectivity index (χ0v) is 16.4. The summed E-state index contributed by atoms with van der Waals surface area (Å²) in [5.74, 6) is -1.28. The van der Waals surface area contributed by atoms with E-state index in [1.807, 2.05) is 0 Å². The Kier molecular flexibility index (Phi) is 5.77. The number of carbonyl (C=O) groups excluding carboxylic acids is 1. The molecular weight excluding hydrogens is 440 g/mol. The van der Waals surface area contributed by atoms with Crippen molar-refractivity contribution in [3.8, 4) is 5.75 Å². The Morgan fingerprint density at radius 1 is 1.04 bits per heavy atom. The van der Waals surface area contributed by atoms with Crippen molar-refractivity contribution < 1.29 is 18.3 Å². The number of anilines is 2. The first kappa shape index (κ1) is 19.3. The zero-order valence-electron chi connectivity index (χ0n) is 14.0. The highest BCUT2D eigenvalue weighted by molar-refractivity contribution is 9.10. The van der Waals surface area contributed by atoms with Gasteiger partial charge in [0.2, 0.25) is 0 Å². The number of halogens is 4. The third-order valence-electron chi connectivity index (χ3n) is 3.83. The minimum atomic E-state index is -0.731. The minimum absolute atomic E-state index is 0.0974. The van der Waals surface area contributed by atoms with E-state index in [4.69, 9.17) is 16.3 Å². The van der Waals surface area contributed by atoms with Crippen molar-refractivity contribution in [3.05, 3.63) is 86.9 Å². The smallest absolute Gasteiger partial charge is 0.198 e. The number of ketones is 1. The molecule has 0 aliphatic rings. The van der Waals surface area contributed by atoms with Crippen molar-refractivity contribution in [2.24, 2.45) is 0 Å². The molecule has 0 aliphatic heterocycles. The molecule has 0 heterocycles. The van der Waals surface area contributed by atoms with Crippen LogP contribution in [0.3, 0.4) is 0 Å². The van der Waals surface area contributed by atoms with Crippen molar-refractivity contribution in [3.63, 3.8) is 0 Å². The number of hydrogen-bond acceptors (Lipinski definition) is 3. The maximum atomic E-state index is 13.8. The van der Waals surface area contributed by atoms with Gasteiger partial charge in [0.25, 0.3) is 0 Å². The summed E-state index contributed by atoms with van der Waals surface area (Å²) < 4.78 is 32.8. The highest BCUT2D eigenvalue weighted by atomic mass is 79.9. The van der Waals surface area contributed by atoms with Gasteiger partial charge in [-0.1, -0.05) is 27.5 Å². The molecule has 0 saturated carbocycles. The first-order valence-electron chi connectivity index (χ1n) is 7.79. The molecule has 3 rings (SSSR count). The molecule has 0 aromatic heterocycles. The number of hydrogen-bond donors (Lipinski definition) is 1. The molecule has 1 N–H and O–H groups in total. The van der Waals surface area contributed by atoms with Crippen LogP contribution in [0, 0.1) is 11.6 Å². The van der Waals surface area contributed by atoms with Gasteiger partial charge in [-0.25, -0.2) is 8.78 Å². The van der Waals surface area contributed by atoms with Crippen LogP contribution in [-0.2, 0) is 0 Å². The summed E-state index contributed by atoms with van der Waals surface area (Å²) >= 11 is 9.61. The molecule has 0 bridgehead atoms. The molecule has 0 spiro atoms. The minimum Gasteiger partial charge on any atom is -0.496 e. The monoisotopic (exact) mass is 451 g/mol. The summed E-state index contributed by atoms with van der Waals surface area (Å²) in [6.07, 6.45) is 0. The first-order valence-corrected chi connectivity index (χ1v) is 8.96. The highest BCUT2D eigenvalue weighted by Gasteiger charge is 2.18. The van der Waals surface area contributed by atoms with Gasteiger partial charge in [0.15, 0.2) is 5.78 Å². The van der Waals surface area contributed by atoms with Gasteiger partial charge in [0.05, 0.1) is 23.4 Å². The molecule has 138 valence electrons. The fraction of sp³-hybridized carbons (Fsp3) is 0.0500. The van der Waals surface area contributed by atoms with Crippen LogP contribution in [0.1, 0.15) is 15.9 Å². The van der Waals surface area contributed by atoms with Crippen molar-refractivity contribution in [1.82, 2.24) is 0 Å². The Morgan fingerprint density at radius 2 is 1.81 bits per heavy atom. The largest absolute Gasteiger partial charge is 0.496 e. The Morgan fingerprint density at radius 3 is 2.48 bits per heavy atom. The Labute approximate surface area is 168 Å². The number of ether oxygens (including phenoxy) is 1. The van der Waals surface area contributed by atoms with Gasteiger partial charge in [-0.15, -0.1) is 0 Å². The number of carbonyl (C=O) groups is 1. The molecule has 3 nitrogen and oxygen atoms in total. The van der Waals surface area contributed by atoms with E-state index in [-0.39, 0.29) is 22.1 Å². The normalized spacial score (nSPS) is 10.6. The van der Waals surface area contributed by atoms with E-state index in [2.05, 4.69) is 21.2 Å². The van der Waals surface area contributed by atoms with E-state index >= 15 is 0 Å². The van der Waals surface area contributed by atoms with Crippen LogP contribution in [-0.4, -0.2) is 12.9 Å². The standard InChI is InChI=1S/C20H13BrClF2NO2/c1-27-19-7-2-11(21)8-15(19)20(26)14-5-4-13(10-16(14)22)25-18-6-3-12(23)9-17(18)24/h2-10,25H,1H3. The lowest BCUT2D eigenvalue weighted by Gasteiger charge is -2.12. The maximum Gasteiger partial charge on any atom is 0.198 e. The van der Waals surface area contributed by atoms with Gasteiger partial charge in [-0.2, -0.15) is 0 Å². The van der Waals surface area contributed by atoms with Crippen molar-refractivity contribution in [2.45, 2.75) is 0 Å². The lowest BCUT2D eigenvalue weighted by molar-refractivity contribution is 0.103. The molecule has 0 amide bonds. The van der Waals surface area contributed by atoms with E-state index in [0.717, 1.165) is 16.6 Å². The predicted molar refractivity (Wildman–Crippen MR) is 105 cm³/mol. The summed E-state index contributed by atoms with van der Waals surface area (Å²) in [6.45, 7) is 0. The molecule has 3 aromatic rings. The van der Waals surface area contributed by atoms with Crippen LogP contribution in [0.5, 0.6) is 5.75 Å². The molecule has 27 heavy (non-hydrogen) atoms. The van der Waals surface area contributed by atoms with Crippen molar-refractivity contribution in [1.29, 1.82) is 0 Å². The summed E-state index contributed by atoms with van der Waals surface area (Å²) in [5, 5.41) is 3.00. The quantitative estimate of drug-likeness (QED) is 0.458. The molecular formula is C20H13BrClF2NO2. The molecule has 0 radical (unpaired) electrons. The Hall–Kier alpha value is -2.44. The van der Waals surface area contributed by atoms with Gasteiger partial charge in [0.1, 0.15) is 17.4 Å². The molecule has 0 saturated heterocycles. The van der Waals surface area contributed by atoms with E-state index in [1.165, 1.54) is 25.3 Å². The second-order valence-electron chi connectivity index (χ2n) is 5.62. The fourth-order valence-corrected chi connectivity index (χ4v) is 3.15. The van der Waals surface area contributed by atoms with Gasteiger partial charge < -0.3 is 10.1 Å². The Balaban J connectivity index is 1.91. The van der Waals surface area contributed by atoms with Gasteiger partial charge in [-0.05, 0) is 48.5 Å². The average molecular weight is 453 g/mol. The van der Waals surface area contributed by atoms with Crippen LogP contribution in [0.15, 0.2) is 59.1 Å². The predicted octanol–water partition coefficient (Wildman–Crippen LogP) is 6.36. The van der Waals surface area contributed by atoms with Crippen molar-refractivity contribution in [2.75, 3.05) is 12.4 Å². The average Bonchev–Trinajstić information content (AvgIpc) is 2.63. The van der Waals surface area contributed by atoms with Crippen LogP contribution in [0.2, 0.25) is 5.02 Å². The van der Waals surface area contributed by atoms with E-state index in [1.54, 1.807) is 24.3 Å². The third kappa shape index (κ3) is 4.28. The molecule has 3 aromatic carbocycles. The van der Waals surface area contributed by atoms with Crippen LogP contribution < -0.4 is 10.1 Å². The van der Waals surface area contributed by atoms with E-state index in [0.29, 0.717) is 17.0 Å². The lowest BCUT2D eigenvalue weighted by atomic mass is 10.0. The third-order valence-corrected chi connectivity index (χ3v) is 4.64.